The molecule has 6 rings (SSSR count). The van der Waals surface area contributed by atoms with Gasteiger partial charge in [0.2, 0.25) is 6.41 Å². The molecule has 2 N–H and O–H groups in total. The molecule has 8 nitrogen and oxygen atoms in total. The van der Waals surface area contributed by atoms with Gasteiger partial charge in [0, 0.05) is 33.2 Å². The largest absolute Gasteiger partial charge is 0.350 e. The minimum Gasteiger partial charge on any atom is -0.350 e. The van der Waals surface area contributed by atoms with Gasteiger partial charge in [0.25, 0.3) is 6.43 Å². The van der Waals surface area contributed by atoms with Crippen molar-refractivity contribution in [1.29, 1.82) is 0 Å². The second-order valence-corrected chi connectivity index (χ2v) is 17.7. The van der Waals surface area contributed by atoms with E-state index in [1.807, 2.05) is 6.92 Å². The highest BCUT2D eigenvalue weighted by atomic mass is 35.5. The second-order valence-electron chi connectivity index (χ2n) is 13.3. The molecule has 2 aliphatic carbocycles. The maximum atomic E-state index is 14.2. The highest BCUT2D eigenvalue weighted by Gasteiger charge is 2.44. The van der Waals surface area contributed by atoms with E-state index in [1.165, 1.54) is 0 Å². The Labute approximate surface area is 296 Å². The van der Waals surface area contributed by atoms with Gasteiger partial charge in [-0.15, -0.1) is 0 Å². The van der Waals surface area contributed by atoms with Gasteiger partial charge in [0.05, 0.1) is 32.4 Å². The summed E-state index contributed by atoms with van der Waals surface area (Å²) < 4.78 is 85.2. The van der Waals surface area contributed by atoms with Gasteiger partial charge in [0.1, 0.15) is 39.6 Å². The van der Waals surface area contributed by atoms with Crippen molar-refractivity contribution in [2.45, 2.75) is 86.6 Å². The predicted molar refractivity (Wildman–Crippen MR) is 188 cm³/mol. The summed E-state index contributed by atoms with van der Waals surface area (Å²) in [6.07, 6.45) is 0.715. The molecule has 2 fully saturated rings. The average Bonchev–Trinajstić information content (AvgIpc) is 3.99. The zero-order valence-corrected chi connectivity index (χ0v) is 29.8. The molecule has 3 atom stereocenters. The molecule has 2 heterocycles. The van der Waals surface area contributed by atoms with Crippen LogP contribution in [0.25, 0.3) is 22.0 Å². The zero-order valence-electron chi connectivity index (χ0n) is 27.4. The van der Waals surface area contributed by atoms with Crippen molar-refractivity contribution in [3.05, 3.63) is 76.1 Å². The smallest absolute Gasteiger partial charge is 0.257 e. The Morgan fingerprint density at radius 1 is 1.10 bits per heavy atom. The van der Waals surface area contributed by atoms with Crippen LogP contribution in [-0.2, 0) is 39.5 Å². The lowest BCUT2D eigenvalue weighted by Crippen LogP contribution is -2.27. The number of benzene rings is 2. The fourth-order valence-electron chi connectivity index (χ4n) is 5.69. The van der Waals surface area contributed by atoms with Crippen LogP contribution in [0.2, 0.25) is 5.02 Å². The van der Waals surface area contributed by atoms with Crippen molar-refractivity contribution in [3.8, 4) is 23.0 Å². The van der Waals surface area contributed by atoms with Crippen molar-refractivity contribution >= 4 is 56.5 Å². The van der Waals surface area contributed by atoms with Crippen molar-refractivity contribution in [2.24, 2.45) is 0 Å². The number of aromatic nitrogens is 3. The van der Waals surface area contributed by atoms with E-state index in [0.29, 0.717) is 17.5 Å². The first-order valence-corrected chi connectivity index (χ1v) is 18.7. The first-order valence-electron chi connectivity index (χ1n) is 15.9. The molecule has 0 radical (unpaired) electrons. The zero-order chi connectivity index (χ0) is 36.0. The molecular formula is C35H34ClF4N5O3S2. The summed E-state index contributed by atoms with van der Waals surface area (Å²) in [5.41, 5.74) is 1.61. The van der Waals surface area contributed by atoms with Crippen LogP contribution in [-0.4, -0.2) is 50.8 Å². The van der Waals surface area contributed by atoms with Crippen molar-refractivity contribution in [3.63, 3.8) is 0 Å². The molecule has 0 saturated heterocycles. The summed E-state index contributed by atoms with van der Waals surface area (Å²) in [7, 11) is -2.78. The van der Waals surface area contributed by atoms with E-state index in [2.05, 4.69) is 27.0 Å². The van der Waals surface area contributed by atoms with Gasteiger partial charge in [-0.05, 0) is 94.7 Å². The Hall–Kier alpha value is -3.80. The van der Waals surface area contributed by atoms with Crippen LogP contribution in [0.3, 0.4) is 0 Å². The number of anilines is 1. The lowest BCUT2D eigenvalue weighted by Gasteiger charge is -2.21. The normalized spacial score (nSPS) is 17.1. The first-order chi connectivity index (χ1) is 23.7. The minimum absolute atomic E-state index is 0.0691. The van der Waals surface area contributed by atoms with Gasteiger partial charge in [-0.1, -0.05) is 23.6 Å². The predicted octanol–water partition coefficient (Wildman–Crippen LogP) is 6.99. The monoisotopic (exact) mass is 747 g/mol. The van der Waals surface area contributed by atoms with E-state index in [9.17, 15) is 30.8 Å². The van der Waals surface area contributed by atoms with Gasteiger partial charge in [-0.3, -0.25) is 18.4 Å². The number of pyridine rings is 1. The maximum absolute atomic E-state index is 14.2. The number of carbonyl (C=O) groups excluding carboxylic acids is 1. The second kappa shape index (κ2) is 14.1. The summed E-state index contributed by atoms with van der Waals surface area (Å²) in [5.74, 6) is 4.53. The molecular weight excluding hydrogens is 714 g/mol. The molecule has 0 aliphatic heterocycles. The molecule has 2 aliphatic rings. The third kappa shape index (κ3) is 7.75. The summed E-state index contributed by atoms with van der Waals surface area (Å²) in [6.45, 7) is 4.61. The fraction of sp³-hybridized carbons (Fsp3) is 0.400. The summed E-state index contributed by atoms with van der Waals surface area (Å²) in [5, 5.41) is 7.60. The Balaban J connectivity index is 1.54. The third-order valence-electron chi connectivity index (χ3n) is 8.74. The van der Waals surface area contributed by atoms with E-state index in [-0.39, 0.29) is 50.4 Å². The minimum atomic E-state index is -2.81. The lowest BCUT2D eigenvalue weighted by atomic mass is 9.94. The molecule has 3 unspecified atom stereocenters. The molecule has 2 saturated carbocycles. The number of hydrogen-bond donors (Lipinski definition) is 2. The molecule has 2 aromatic heterocycles. The summed E-state index contributed by atoms with van der Waals surface area (Å²) >= 11 is 6.67. The van der Waals surface area contributed by atoms with Crippen LogP contribution < -0.4 is 10.0 Å². The van der Waals surface area contributed by atoms with E-state index in [0.717, 1.165) is 48.6 Å². The standard InChI is InChI=1S/C35H34ClF4N5O3S2/c1-34(2,49(47)24-5-6-24)11-10-23-4-7-25(31(42-23)28(41-19-46)16-20-14-21(37)17-22(38)15-20)26-8-9-27(36)30-32(26)45(18-29(39)40)43-33(30)44-50(48)35(3)12-13-35/h4,7-9,14-15,17,19,24,28-29H,5-6,12-13,16,18H2,1-3H3,(H,41,46)(H,43,44). The SMILES string of the molecule is CC(C)(C#Cc1ccc(-c2ccc(Cl)c3c(NS(=O)C4(C)CC4)nn(CC(F)F)c23)c(C(Cc2cc(F)cc(F)c2)NC=O)n1)S(=O)C1CC1. The van der Waals surface area contributed by atoms with Gasteiger partial charge in [0.15, 0.2) is 5.82 Å². The quantitative estimate of drug-likeness (QED) is 0.0872. The molecule has 4 aromatic rings. The lowest BCUT2D eigenvalue weighted by molar-refractivity contribution is -0.110. The van der Waals surface area contributed by atoms with Crippen LogP contribution in [0, 0.1) is 23.5 Å². The van der Waals surface area contributed by atoms with Gasteiger partial charge in [-0.25, -0.2) is 26.8 Å². The number of alkyl halides is 2. The van der Waals surface area contributed by atoms with E-state index < -0.39 is 61.9 Å². The third-order valence-corrected chi connectivity index (χ3v) is 12.9. The Bertz CT molecular complexity index is 2070. The number of halogens is 5. The number of hydrogen-bond acceptors (Lipinski definition) is 5. The Morgan fingerprint density at radius 3 is 2.40 bits per heavy atom. The molecule has 1 amide bonds. The molecule has 2 aromatic carbocycles. The number of carbonyl (C=O) groups is 1. The molecule has 0 spiro atoms. The van der Waals surface area contributed by atoms with Crippen LogP contribution in [0.4, 0.5) is 23.4 Å². The van der Waals surface area contributed by atoms with Crippen molar-refractivity contribution in [2.75, 3.05) is 4.72 Å². The first kappa shape index (κ1) is 36.0. The number of amides is 1. The maximum Gasteiger partial charge on any atom is 0.257 e. The highest BCUT2D eigenvalue weighted by molar-refractivity contribution is 7.88. The number of rotatable bonds is 13. The van der Waals surface area contributed by atoms with E-state index in [4.69, 9.17) is 16.6 Å². The van der Waals surface area contributed by atoms with E-state index in [1.54, 1.807) is 38.1 Å². The van der Waals surface area contributed by atoms with Crippen molar-refractivity contribution < 1.29 is 30.8 Å². The number of fused-ring (bicyclic) bond motifs is 1. The van der Waals surface area contributed by atoms with Gasteiger partial charge < -0.3 is 5.32 Å². The molecule has 50 heavy (non-hydrogen) atoms. The number of nitrogens with one attached hydrogen (secondary N) is 2. The fourth-order valence-corrected chi connectivity index (χ4v) is 8.52. The van der Waals surface area contributed by atoms with Crippen LogP contribution in [0.15, 0.2) is 42.5 Å². The molecule has 0 bridgehead atoms. The topological polar surface area (TPSA) is 106 Å². The summed E-state index contributed by atoms with van der Waals surface area (Å²) in [4.78, 5) is 16.8. The van der Waals surface area contributed by atoms with Crippen LogP contribution >= 0.6 is 11.6 Å². The van der Waals surface area contributed by atoms with Gasteiger partial charge in [-0.2, -0.15) is 5.10 Å². The van der Waals surface area contributed by atoms with Gasteiger partial charge >= 0.3 is 0 Å². The van der Waals surface area contributed by atoms with Crippen molar-refractivity contribution in [1.82, 2.24) is 20.1 Å². The Morgan fingerprint density at radius 2 is 1.78 bits per heavy atom. The Kier molecular flexibility index (Phi) is 10.1. The molecule has 15 heteroatoms. The van der Waals surface area contributed by atoms with E-state index >= 15 is 0 Å². The highest BCUT2D eigenvalue weighted by Crippen LogP contribution is 2.44. The number of nitrogens with zero attached hydrogens (tertiary/aromatic N) is 3. The molecule has 264 valence electrons. The summed E-state index contributed by atoms with van der Waals surface area (Å²) in [6, 6.07) is 8.45. The van der Waals surface area contributed by atoms with Crippen LogP contribution in [0.5, 0.6) is 0 Å². The average molecular weight is 748 g/mol. The van der Waals surface area contributed by atoms with Crippen LogP contribution in [0.1, 0.15) is 69.4 Å².